The molecule has 0 saturated heterocycles. The van der Waals surface area contributed by atoms with Gasteiger partial charge in [0.2, 0.25) is 0 Å². The van der Waals surface area contributed by atoms with Crippen molar-refractivity contribution in [1.82, 2.24) is 0 Å². The maximum atomic E-state index is 12.6. The van der Waals surface area contributed by atoms with Gasteiger partial charge in [-0.2, -0.15) is 0 Å². The molecule has 7 nitrogen and oxygen atoms in total. The third-order valence-corrected chi connectivity index (χ3v) is 13.1. The van der Waals surface area contributed by atoms with Crippen LogP contribution in [0, 0.1) is 17.3 Å². The van der Waals surface area contributed by atoms with E-state index >= 15 is 0 Å². The summed E-state index contributed by atoms with van der Waals surface area (Å²) in [6.07, 6.45) is 36.8. The Kier molecular flexibility index (Phi) is 25.6. The second kappa shape index (κ2) is 29.8. The average Bonchev–Trinajstić information content (AvgIpc) is 3.46. The number of benzene rings is 1. The first-order chi connectivity index (χ1) is 27.8. The van der Waals surface area contributed by atoms with E-state index in [0.29, 0.717) is 37.2 Å². The Hall–Kier alpha value is -2.35. The maximum absolute atomic E-state index is 12.6. The van der Waals surface area contributed by atoms with Gasteiger partial charge < -0.3 is 24.4 Å². The predicted molar refractivity (Wildman–Crippen MR) is 234 cm³/mol. The summed E-state index contributed by atoms with van der Waals surface area (Å²) >= 11 is 6.63. The molecule has 0 aliphatic heterocycles. The summed E-state index contributed by atoms with van der Waals surface area (Å²) < 4.78 is 16.5. The summed E-state index contributed by atoms with van der Waals surface area (Å²) in [6, 6.07) is 7.05. The van der Waals surface area contributed by atoms with Crippen LogP contribution in [0.3, 0.4) is 0 Å². The Morgan fingerprint density at radius 1 is 0.825 bits per heavy atom. The Balaban J connectivity index is 1.16. The minimum atomic E-state index is -0.473. The van der Waals surface area contributed by atoms with Crippen molar-refractivity contribution in [3.8, 4) is 5.75 Å². The molecule has 0 radical (unpaired) electrons. The van der Waals surface area contributed by atoms with E-state index in [0.717, 1.165) is 44.9 Å². The van der Waals surface area contributed by atoms with Gasteiger partial charge in [-0.3, -0.25) is 4.79 Å². The van der Waals surface area contributed by atoms with Crippen molar-refractivity contribution >= 4 is 23.5 Å². The second-order valence-electron chi connectivity index (χ2n) is 16.9. The minimum Gasteiger partial charge on any atom is -0.494 e. The highest BCUT2D eigenvalue weighted by molar-refractivity contribution is 6.21. The van der Waals surface area contributed by atoms with Crippen LogP contribution < -0.4 is 4.74 Å². The van der Waals surface area contributed by atoms with Crippen molar-refractivity contribution < 1.29 is 34.0 Å². The van der Waals surface area contributed by atoms with Crippen molar-refractivity contribution in [2.45, 2.75) is 198 Å². The number of aliphatic hydroxyl groups is 2. The number of hydrogen-bond acceptors (Lipinski definition) is 7. The Bertz CT molecular complexity index is 1270. The number of allylic oxidation sites excluding steroid dienone is 2. The van der Waals surface area contributed by atoms with E-state index in [1.165, 1.54) is 96.3 Å². The van der Waals surface area contributed by atoms with Gasteiger partial charge in [-0.05, 0) is 87.3 Å². The van der Waals surface area contributed by atoms with E-state index in [2.05, 4.69) is 32.1 Å². The van der Waals surface area contributed by atoms with Crippen molar-refractivity contribution in [1.29, 1.82) is 0 Å². The number of rotatable bonds is 33. The fourth-order valence-electron chi connectivity index (χ4n) is 8.57. The molecule has 0 amide bonds. The van der Waals surface area contributed by atoms with Gasteiger partial charge in [-0.25, -0.2) is 4.79 Å². The average molecular weight is 816 g/mol. The molecule has 2 aliphatic carbocycles. The number of aliphatic hydroxyl groups excluding tert-OH is 2. The molecule has 2 N–H and O–H groups in total. The molecule has 0 spiro atoms. The number of ether oxygens (including phenoxy) is 3. The van der Waals surface area contributed by atoms with Gasteiger partial charge in [0.25, 0.3) is 0 Å². The molecule has 3 rings (SSSR count). The van der Waals surface area contributed by atoms with Gasteiger partial charge in [0, 0.05) is 17.7 Å². The van der Waals surface area contributed by atoms with E-state index in [9.17, 15) is 19.8 Å². The van der Waals surface area contributed by atoms with Crippen LogP contribution in [0.5, 0.6) is 5.75 Å². The quantitative estimate of drug-likeness (QED) is 0.0315. The summed E-state index contributed by atoms with van der Waals surface area (Å²) in [7, 11) is 0. The molecule has 324 valence electrons. The normalized spacial score (nSPS) is 20.9. The van der Waals surface area contributed by atoms with Crippen LogP contribution in [-0.4, -0.2) is 59.6 Å². The molecule has 0 bridgehead atoms. The monoisotopic (exact) mass is 815 g/mol. The van der Waals surface area contributed by atoms with E-state index in [1.807, 2.05) is 12.1 Å². The fraction of sp³-hybridized carbons (Fsp3) is 0.755. The Morgan fingerprint density at radius 3 is 2.07 bits per heavy atom. The van der Waals surface area contributed by atoms with Gasteiger partial charge in [0.15, 0.2) is 0 Å². The number of unbranched alkanes of at least 4 members (excludes halogenated alkanes) is 16. The summed E-state index contributed by atoms with van der Waals surface area (Å²) in [6.45, 7) is 5.08. The lowest BCUT2D eigenvalue weighted by Crippen LogP contribution is -2.40. The van der Waals surface area contributed by atoms with E-state index in [4.69, 9.17) is 25.8 Å². The summed E-state index contributed by atoms with van der Waals surface area (Å²) in [5.41, 5.74) is 0.489. The number of alkyl halides is 1. The van der Waals surface area contributed by atoms with Crippen molar-refractivity contribution in [2.24, 2.45) is 17.3 Å². The van der Waals surface area contributed by atoms with Gasteiger partial charge in [0.05, 0.1) is 24.4 Å². The smallest absolute Gasteiger partial charge is 0.338 e. The third kappa shape index (κ3) is 19.5. The number of carbonyl (C=O) groups excluding carboxylic acids is 2. The molecule has 2 fully saturated rings. The lowest BCUT2D eigenvalue weighted by molar-refractivity contribution is -0.144. The predicted octanol–water partition coefficient (Wildman–Crippen LogP) is 12.6. The third-order valence-electron chi connectivity index (χ3n) is 12.6. The van der Waals surface area contributed by atoms with Gasteiger partial charge in [-0.1, -0.05) is 147 Å². The second-order valence-corrected chi connectivity index (χ2v) is 17.5. The SMILES string of the molecule is CCCCCCCCCCCCCCCCCCOc1cccc(C(=O)OCCOC(=O)CCCC=CC[C@@H]2[C@@H](C=CC[C@H](O)C3(CC)CCC3)[C@H](O)C[C@H]2Cl)c1. The van der Waals surface area contributed by atoms with Crippen LogP contribution in [0.1, 0.15) is 191 Å². The molecule has 0 aromatic heterocycles. The molecule has 1 aromatic rings. The lowest BCUT2D eigenvalue weighted by Gasteiger charge is -2.45. The maximum Gasteiger partial charge on any atom is 0.338 e. The van der Waals surface area contributed by atoms with Crippen LogP contribution in [0.25, 0.3) is 0 Å². The highest BCUT2D eigenvalue weighted by Crippen LogP contribution is 2.48. The molecule has 57 heavy (non-hydrogen) atoms. The zero-order valence-corrected chi connectivity index (χ0v) is 36.6. The van der Waals surface area contributed by atoms with E-state index in [-0.39, 0.29) is 54.3 Å². The largest absolute Gasteiger partial charge is 0.494 e. The molecular formula is C49H79ClO7. The van der Waals surface area contributed by atoms with Crippen LogP contribution in [0.4, 0.5) is 0 Å². The van der Waals surface area contributed by atoms with Crippen LogP contribution in [0.15, 0.2) is 48.6 Å². The highest BCUT2D eigenvalue weighted by Gasteiger charge is 2.42. The first kappa shape index (κ1) is 49.0. The van der Waals surface area contributed by atoms with E-state index in [1.54, 1.807) is 18.2 Å². The van der Waals surface area contributed by atoms with Crippen LogP contribution >= 0.6 is 11.6 Å². The van der Waals surface area contributed by atoms with Crippen LogP contribution in [-0.2, 0) is 14.3 Å². The first-order valence-electron chi connectivity index (χ1n) is 23.2. The number of hydrogen-bond donors (Lipinski definition) is 2. The molecular weight excluding hydrogens is 736 g/mol. The zero-order valence-electron chi connectivity index (χ0n) is 35.8. The topological polar surface area (TPSA) is 102 Å². The standard InChI is InChI=1S/C49H79ClO7/c1-3-5-6-7-8-9-10-11-12-13-14-15-16-17-20-23-35-55-41-28-24-27-40(38-41)48(54)57-37-36-56-47(53)32-22-19-18-21-29-42-43(45(51)39-44(42)50)30-25-31-46(52)49(4-2)33-26-34-49/h18,21,24-25,27-28,30,38,42-46,51-52H,3-17,19-20,22-23,26,29,31-37,39H2,1-2H3/t42-,43-,44-,45-,46+/m1/s1. The lowest BCUT2D eigenvalue weighted by atomic mass is 9.63. The molecule has 1 aromatic carbocycles. The molecule has 0 unspecified atom stereocenters. The first-order valence-corrected chi connectivity index (χ1v) is 23.6. The van der Waals surface area contributed by atoms with Crippen molar-refractivity contribution in [2.75, 3.05) is 19.8 Å². The van der Waals surface area contributed by atoms with Gasteiger partial charge in [-0.15, -0.1) is 11.6 Å². The van der Waals surface area contributed by atoms with Crippen molar-refractivity contribution in [3.05, 3.63) is 54.1 Å². The number of halogens is 1. The number of esters is 2. The van der Waals surface area contributed by atoms with Crippen LogP contribution in [0.2, 0.25) is 0 Å². The van der Waals surface area contributed by atoms with Gasteiger partial charge >= 0.3 is 11.9 Å². The highest BCUT2D eigenvalue weighted by atomic mass is 35.5. The molecule has 8 heteroatoms. The Labute approximate surface area is 351 Å². The molecule has 5 atom stereocenters. The molecule has 2 aliphatic rings. The zero-order chi connectivity index (χ0) is 41.0. The number of carbonyl (C=O) groups is 2. The molecule has 2 saturated carbocycles. The van der Waals surface area contributed by atoms with Gasteiger partial charge in [0.1, 0.15) is 19.0 Å². The molecule has 0 heterocycles. The summed E-state index contributed by atoms with van der Waals surface area (Å²) in [5, 5.41) is 21.3. The summed E-state index contributed by atoms with van der Waals surface area (Å²) in [4.78, 5) is 24.8. The minimum absolute atomic E-state index is 0.00433. The van der Waals surface area contributed by atoms with E-state index < -0.39 is 12.1 Å². The summed E-state index contributed by atoms with van der Waals surface area (Å²) in [5.74, 6) is -0.0184. The fourth-order valence-corrected chi connectivity index (χ4v) is 9.02. The van der Waals surface area contributed by atoms with Crippen molar-refractivity contribution in [3.63, 3.8) is 0 Å². The Morgan fingerprint density at radius 2 is 1.46 bits per heavy atom.